The Morgan fingerprint density at radius 1 is 0.952 bits per heavy atom. The smallest absolute Gasteiger partial charge is 0.245 e. The summed E-state index contributed by atoms with van der Waals surface area (Å²) in [5.74, 6) is -0.733. The number of unbranched alkanes of at least 4 members (excludes halogenated alkanes) is 2. The number of nitrogens with two attached hydrogens (primary N) is 2. The maximum absolute atomic E-state index is 12.2. The number of aliphatic hydroxyl groups is 3. The zero-order chi connectivity index (χ0) is 31.2. The van der Waals surface area contributed by atoms with Crippen LogP contribution >= 0.6 is 0 Å². The van der Waals surface area contributed by atoms with Crippen LogP contribution in [0.25, 0.3) is 0 Å². The zero-order valence-corrected chi connectivity index (χ0v) is 24.7. The monoisotopic (exact) mass is 608 g/mol. The van der Waals surface area contributed by atoms with Crippen molar-refractivity contribution in [1.29, 1.82) is 0 Å². The van der Waals surface area contributed by atoms with Crippen molar-refractivity contribution in [2.24, 2.45) is 11.5 Å². The minimum absolute atomic E-state index is 0.0997. The predicted molar refractivity (Wildman–Crippen MR) is 151 cm³/mol. The zero-order valence-electron chi connectivity index (χ0n) is 24.7. The molecular formula is C27H52N4O11. The summed E-state index contributed by atoms with van der Waals surface area (Å²) in [6.07, 6.45) is 0.141. The van der Waals surface area contributed by atoms with E-state index in [1.807, 2.05) is 0 Å². The van der Waals surface area contributed by atoms with Crippen LogP contribution in [0.4, 0.5) is 0 Å². The molecule has 2 unspecified atom stereocenters. The fourth-order valence-corrected chi connectivity index (χ4v) is 4.06. The molecule has 15 heteroatoms. The Morgan fingerprint density at radius 3 is 2.24 bits per heavy atom. The van der Waals surface area contributed by atoms with Gasteiger partial charge in [-0.1, -0.05) is 6.42 Å². The third kappa shape index (κ3) is 17.4. The summed E-state index contributed by atoms with van der Waals surface area (Å²) in [4.78, 5) is 36.0. The first-order valence-electron chi connectivity index (χ1n) is 14.7. The Morgan fingerprint density at radius 2 is 1.60 bits per heavy atom. The number of nitrogens with one attached hydrogen (secondary N) is 2. The van der Waals surface area contributed by atoms with Gasteiger partial charge in [0.1, 0.15) is 18.8 Å². The molecule has 0 bridgehead atoms. The number of carbonyl (C=O) groups is 3. The lowest BCUT2D eigenvalue weighted by molar-refractivity contribution is -0.259. The minimum atomic E-state index is -1.14. The van der Waals surface area contributed by atoms with E-state index >= 15 is 0 Å². The Balaban J connectivity index is 1.97. The summed E-state index contributed by atoms with van der Waals surface area (Å²) in [6, 6.07) is -1.26. The normalized spacial score (nSPS) is 22.0. The van der Waals surface area contributed by atoms with Gasteiger partial charge in [-0.15, -0.1) is 0 Å². The summed E-state index contributed by atoms with van der Waals surface area (Å²) in [5, 5.41) is 34.1. The molecule has 42 heavy (non-hydrogen) atoms. The number of amides is 2. The van der Waals surface area contributed by atoms with E-state index in [1.165, 1.54) is 6.92 Å². The summed E-state index contributed by atoms with van der Waals surface area (Å²) in [7, 11) is 0. The number of Topliss-reactive ketones (excluding diaryl/α,β-unsaturated/α-hetero) is 1. The van der Waals surface area contributed by atoms with Crippen LogP contribution in [0.5, 0.6) is 0 Å². The van der Waals surface area contributed by atoms with Crippen molar-refractivity contribution < 1.29 is 53.4 Å². The average Bonchev–Trinajstić information content (AvgIpc) is 2.96. The molecule has 1 fully saturated rings. The summed E-state index contributed by atoms with van der Waals surface area (Å²) >= 11 is 0. The fraction of sp³-hybridized carbons (Fsp3) is 0.889. The molecule has 1 aliphatic heterocycles. The highest BCUT2D eigenvalue weighted by Crippen LogP contribution is 2.20. The van der Waals surface area contributed by atoms with Crippen molar-refractivity contribution in [3.05, 3.63) is 0 Å². The SMILES string of the molecule is CC(=O)C(CCCCNC(=O)COCCOCCOCCO[C@H]1C[C@@H](O)[C@@H](O)[C@@H](CO)O1)NC(=O)C(N)CCCCN. The van der Waals surface area contributed by atoms with Crippen molar-refractivity contribution in [3.8, 4) is 0 Å². The van der Waals surface area contributed by atoms with Crippen LogP contribution in [-0.2, 0) is 38.1 Å². The van der Waals surface area contributed by atoms with E-state index < -0.39 is 43.3 Å². The Hall–Kier alpha value is -1.79. The molecule has 6 atom stereocenters. The van der Waals surface area contributed by atoms with Crippen molar-refractivity contribution in [2.75, 3.05) is 65.9 Å². The quantitative estimate of drug-likeness (QED) is 0.0541. The van der Waals surface area contributed by atoms with Gasteiger partial charge in [-0.25, -0.2) is 0 Å². The lowest BCUT2D eigenvalue weighted by Crippen LogP contribution is -2.50. The largest absolute Gasteiger partial charge is 0.394 e. The lowest BCUT2D eigenvalue weighted by atomic mass is 10.0. The summed E-state index contributed by atoms with van der Waals surface area (Å²) in [6.45, 7) is 3.56. The fourth-order valence-electron chi connectivity index (χ4n) is 4.06. The van der Waals surface area contributed by atoms with Gasteiger partial charge in [0, 0.05) is 13.0 Å². The van der Waals surface area contributed by atoms with Gasteiger partial charge in [0.25, 0.3) is 0 Å². The molecule has 0 spiro atoms. The molecule has 0 radical (unpaired) electrons. The molecule has 0 aromatic heterocycles. The molecule has 0 aliphatic carbocycles. The van der Waals surface area contributed by atoms with Gasteiger partial charge < -0.3 is 61.1 Å². The van der Waals surface area contributed by atoms with E-state index in [4.69, 9.17) is 40.3 Å². The first kappa shape index (κ1) is 38.2. The van der Waals surface area contributed by atoms with Gasteiger partial charge in [0.05, 0.1) is 64.4 Å². The van der Waals surface area contributed by atoms with Crippen LogP contribution in [0.2, 0.25) is 0 Å². The Labute approximate surface area is 247 Å². The van der Waals surface area contributed by atoms with Gasteiger partial charge in [0.2, 0.25) is 11.8 Å². The molecule has 2 amide bonds. The molecule has 0 saturated carbocycles. The number of ketones is 1. The van der Waals surface area contributed by atoms with E-state index in [2.05, 4.69) is 10.6 Å². The number of aliphatic hydroxyl groups excluding tert-OH is 3. The molecule has 0 aromatic rings. The van der Waals surface area contributed by atoms with Crippen molar-refractivity contribution >= 4 is 17.6 Å². The van der Waals surface area contributed by atoms with Crippen LogP contribution < -0.4 is 22.1 Å². The Kier molecular flexibility index (Phi) is 21.5. The van der Waals surface area contributed by atoms with E-state index in [-0.39, 0.29) is 50.4 Å². The topological polar surface area (TPSA) is 234 Å². The molecule has 1 rings (SSSR count). The van der Waals surface area contributed by atoms with E-state index in [1.54, 1.807) is 0 Å². The van der Waals surface area contributed by atoms with E-state index in [9.17, 15) is 24.6 Å². The third-order valence-corrected chi connectivity index (χ3v) is 6.58. The van der Waals surface area contributed by atoms with Crippen LogP contribution in [0, 0.1) is 0 Å². The summed E-state index contributed by atoms with van der Waals surface area (Å²) in [5.41, 5.74) is 11.3. The molecule has 0 aromatic carbocycles. The minimum Gasteiger partial charge on any atom is -0.394 e. The first-order chi connectivity index (χ1) is 20.2. The molecule has 246 valence electrons. The molecule has 1 saturated heterocycles. The first-order valence-corrected chi connectivity index (χ1v) is 14.7. The van der Waals surface area contributed by atoms with Gasteiger partial charge in [-0.05, 0) is 45.6 Å². The van der Waals surface area contributed by atoms with Crippen LogP contribution in [0.15, 0.2) is 0 Å². The highest BCUT2D eigenvalue weighted by molar-refractivity contribution is 5.89. The third-order valence-electron chi connectivity index (χ3n) is 6.58. The van der Waals surface area contributed by atoms with Crippen LogP contribution in [0.3, 0.4) is 0 Å². The van der Waals surface area contributed by atoms with Gasteiger partial charge in [-0.3, -0.25) is 14.4 Å². The molecule has 9 N–H and O–H groups in total. The van der Waals surface area contributed by atoms with Crippen molar-refractivity contribution in [3.63, 3.8) is 0 Å². The van der Waals surface area contributed by atoms with Gasteiger partial charge in [0.15, 0.2) is 12.1 Å². The second-order valence-electron chi connectivity index (χ2n) is 10.1. The van der Waals surface area contributed by atoms with Gasteiger partial charge >= 0.3 is 0 Å². The van der Waals surface area contributed by atoms with Gasteiger partial charge in [-0.2, -0.15) is 0 Å². The maximum Gasteiger partial charge on any atom is 0.245 e. The van der Waals surface area contributed by atoms with Crippen molar-refractivity contribution in [2.45, 2.75) is 88.6 Å². The van der Waals surface area contributed by atoms with E-state index in [0.717, 1.165) is 12.8 Å². The average molecular weight is 609 g/mol. The van der Waals surface area contributed by atoms with E-state index in [0.29, 0.717) is 58.6 Å². The number of hydrogen-bond donors (Lipinski definition) is 7. The predicted octanol–water partition coefficient (Wildman–Crippen LogP) is -2.30. The second kappa shape index (κ2) is 23.6. The highest BCUT2D eigenvalue weighted by atomic mass is 16.7. The molecule has 1 aliphatic rings. The van der Waals surface area contributed by atoms with Crippen LogP contribution in [-0.4, -0.2) is 136 Å². The second-order valence-corrected chi connectivity index (χ2v) is 10.1. The standard InChI is InChI=1S/C27H52N4O11/c1-19(33)21(31-27(37)20(29)6-2-4-8-28)7-3-5-9-30-24(35)18-40-13-12-38-10-11-39-14-15-41-25-16-22(34)26(36)23(17-32)42-25/h20-23,25-26,32,34,36H,2-18,28-29H2,1H3,(H,30,35)(H,31,37)/t20?,21?,22-,23-,25-,26-/m1/s1. The number of hydrogen-bond acceptors (Lipinski definition) is 13. The summed E-state index contributed by atoms with van der Waals surface area (Å²) < 4.78 is 26.9. The number of rotatable bonds is 25. The molecular weight excluding hydrogens is 556 g/mol. The number of ether oxygens (including phenoxy) is 5. The number of carbonyl (C=O) groups excluding carboxylic acids is 3. The lowest BCUT2D eigenvalue weighted by Gasteiger charge is -2.35. The molecule has 1 heterocycles. The maximum atomic E-state index is 12.2. The molecule has 15 nitrogen and oxygen atoms in total. The van der Waals surface area contributed by atoms with Crippen LogP contribution in [0.1, 0.15) is 51.9 Å². The van der Waals surface area contributed by atoms with Crippen molar-refractivity contribution in [1.82, 2.24) is 10.6 Å². The Bertz CT molecular complexity index is 749. The highest BCUT2D eigenvalue weighted by Gasteiger charge is 2.36.